The Labute approximate surface area is 142 Å². The smallest absolute Gasteiger partial charge is 0.303 e. The van der Waals surface area contributed by atoms with E-state index >= 15 is 0 Å². The second kappa shape index (κ2) is 6.38. The van der Waals surface area contributed by atoms with Crippen LogP contribution < -0.4 is 5.32 Å². The van der Waals surface area contributed by atoms with Gasteiger partial charge in [0.05, 0.1) is 6.54 Å². The van der Waals surface area contributed by atoms with Crippen LogP contribution in [0.1, 0.15) is 16.7 Å². The van der Waals surface area contributed by atoms with Crippen LogP contribution in [0.5, 0.6) is 0 Å². The first kappa shape index (κ1) is 15.5. The van der Waals surface area contributed by atoms with E-state index in [0.717, 1.165) is 21.2 Å². The Morgan fingerprint density at radius 1 is 1.13 bits per heavy atom. The fourth-order valence-corrected chi connectivity index (χ4v) is 2.89. The first-order valence-electron chi connectivity index (χ1n) is 7.18. The number of carbonyl (C=O) groups excluding carboxylic acids is 2. The largest absolute Gasteiger partial charge is 0.329 e. The lowest BCUT2D eigenvalue weighted by atomic mass is 10.1. The first-order valence-corrected chi connectivity index (χ1v) is 7.98. The molecule has 1 heterocycles. The van der Waals surface area contributed by atoms with Gasteiger partial charge in [-0.2, -0.15) is 0 Å². The molecular formula is C18H15BrN2O2. The highest BCUT2D eigenvalue weighted by Crippen LogP contribution is 2.19. The molecule has 0 bridgehead atoms. The summed E-state index contributed by atoms with van der Waals surface area (Å²) in [4.78, 5) is 25.8. The lowest BCUT2D eigenvalue weighted by Crippen LogP contribution is -2.30. The van der Waals surface area contributed by atoms with E-state index in [0.29, 0.717) is 5.70 Å². The molecule has 3 rings (SSSR count). The molecule has 4 nitrogen and oxygen atoms in total. The van der Waals surface area contributed by atoms with Crippen LogP contribution in [-0.4, -0.2) is 16.8 Å². The summed E-state index contributed by atoms with van der Waals surface area (Å²) in [5, 5.41) is 2.64. The number of halogens is 1. The molecule has 0 aromatic heterocycles. The van der Waals surface area contributed by atoms with E-state index in [4.69, 9.17) is 0 Å². The zero-order valence-corrected chi connectivity index (χ0v) is 14.1. The van der Waals surface area contributed by atoms with E-state index in [1.54, 1.807) is 6.08 Å². The van der Waals surface area contributed by atoms with Crippen molar-refractivity contribution in [2.45, 2.75) is 13.5 Å². The fourth-order valence-electron chi connectivity index (χ4n) is 2.47. The fraction of sp³-hybridized carbons (Fsp3) is 0.111. The van der Waals surface area contributed by atoms with Gasteiger partial charge in [-0.05, 0) is 36.3 Å². The molecular weight excluding hydrogens is 356 g/mol. The summed E-state index contributed by atoms with van der Waals surface area (Å²) in [7, 11) is 0. The van der Waals surface area contributed by atoms with Crippen molar-refractivity contribution in [1.29, 1.82) is 0 Å². The van der Waals surface area contributed by atoms with Gasteiger partial charge >= 0.3 is 6.03 Å². The average Bonchev–Trinajstić information content (AvgIpc) is 2.75. The Bertz CT molecular complexity index is 814. The molecule has 0 aliphatic carbocycles. The number of hydrogen-bond acceptors (Lipinski definition) is 2. The predicted molar refractivity (Wildman–Crippen MR) is 92.4 cm³/mol. The van der Waals surface area contributed by atoms with Crippen LogP contribution in [0.15, 0.2) is 58.7 Å². The monoisotopic (exact) mass is 370 g/mol. The van der Waals surface area contributed by atoms with Gasteiger partial charge in [-0.25, -0.2) is 4.79 Å². The maximum atomic E-state index is 12.5. The molecule has 116 valence electrons. The van der Waals surface area contributed by atoms with Gasteiger partial charge in [-0.15, -0.1) is 0 Å². The highest BCUT2D eigenvalue weighted by molar-refractivity contribution is 9.10. The van der Waals surface area contributed by atoms with E-state index < -0.39 is 6.03 Å². The van der Waals surface area contributed by atoms with E-state index in [-0.39, 0.29) is 12.5 Å². The number of urea groups is 1. The highest BCUT2D eigenvalue weighted by Gasteiger charge is 2.33. The summed E-state index contributed by atoms with van der Waals surface area (Å²) in [6, 6.07) is 14.9. The van der Waals surface area contributed by atoms with Crippen LogP contribution in [0, 0.1) is 6.92 Å². The summed E-state index contributed by atoms with van der Waals surface area (Å²) < 4.78 is 0.917. The molecule has 1 aliphatic rings. The molecule has 0 saturated carbocycles. The van der Waals surface area contributed by atoms with Gasteiger partial charge < -0.3 is 5.32 Å². The molecule has 0 spiro atoms. The molecule has 1 fully saturated rings. The minimum absolute atomic E-state index is 0.266. The molecule has 0 atom stereocenters. The minimum Gasteiger partial charge on any atom is -0.303 e. The van der Waals surface area contributed by atoms with Crippen molar-refractivity contribution in [2.24, 2.45) is 0 Å². The molecule has 23 heavy (non-hydrogen) atoms. The van der Waals surface area contributed by atoms with Crippen LogP contribution in [0.3, 0.4) is 0 Å². The molecule has 1 saturated heterocycles. The van der Waals surface area contributed by atoms with Crippen molar-refractivity contribution in [3.63, 3.8) is 0 Å². The Hall–Kier alpha value is -2.40. The van der Waals surface area contributed by atoms with E-state index in [9.17, 15) is 9.59 Å². The topological polar surface area (TPSA) is 49.4 Å². The molecule has 5 heteroatoms. The number of imide groups is 1. The van der Waals surface area contributed by atoms with Crippen LogP contribution in [0.2, 0.25) is 0 Å². The van der Waals surface area contributed by atoms with Crippen molar-refractivity contribution in [1.82, 2.24) is 10.2 Å². The van der Waals surface area contributed by atoms with Crippen molar-refractivity contribution >= 4 is 33.9 Å². The van der Waals surface area contributed by atoms with Gasteiger partial charge in [0.2, 0.25) is 0 Å². The van der Waals surface area contributed by atoms with Gasteiger partial charge in [0.1, 0.15) is 5.70 Å². The first-order chi connectivity index (χ1) is 11.0. The lowest BCUT2D eigenvalue weighted by molar-refractivity contribution is -0.123. The maximum absolute atomic E-state index is 12.5. The van der Waals surface area contributed by atoms with E-state index in [1.807, 2.05) is 55.5 Å². The third-order valence-electron chi connectivity index (χ3n) is 3.55. The summed E-state index contributed by atoms with van der Waals surface area (Å²) in [6.45, 7) is 2.25. The standard InChI is InChI=1S/C18H15BrN2O2/c1-12-4-2-6-14(8-12)11-21-17(22)16(20-18(21)23)10-13-5-3-7-15(19)9-13/h2-10H,11H2,1H3,(H,20,23)/b16-10+. The molecule has 2 aromatic rings. The summed E-state index contributed by atoms with van der Waals surface area (Å²) in [5.41, 5.74) is 3.16. The number of aryl methyl sites for hydroxylation is 1. The third-order valence-corrected chi connectivity index (χ3v) is 4.04. The predicted octanol–water partition coefficient (Wildman–Crippen LogP) is 3.85. The number of benzene rings is 2. The highest BCUT2D eigenvalue weighted by atomic mass is 79.9. The Morgan fingerprint density at radius 3 is 2.65 bits per heavy atom. The number of nitrogens with one attached hydrogen (secondary N) is 1. The Morgan fingerprint density at radius 2 is 1.91 bits per heavy atom. The second-order valence-electron chi connectivity index (χ2n) is 5.42. The SMILES string of the molecule is Cc1cccc(CN2C(=O)N/C(=C/c3cccc(Br)c3)C2=O)c1. The van der Waals surface area contributed by atoms with Gasteiger partial charge in [-0.1, -0.05) is 57.9 Å². The number of amides is 3. The van der Waals surface area contributed by atoms with Gasteiger partial charge in [0.25, 0.3) is 5.91 Å². The van der Waals surface area contributed by atoms with Crippen molar-refractivity contribution in [3.8, 4) is 0 Å². The molecule has 2 aromatic carbocycles. The normalized spacial score (nSPS) is 16.1. The number of hydrogen-bond donors (Lipinski definition) is 1. The second-order valence-corrected chi connectivity index (χ2v) is 6.34. The minimum atomic E-state index is -0.391. The summed E-state index contributed by atoms with van der Waals surface area (Å²) >= 11 is 3.39. The van der Waals surface area contributed by atoms with Crippen molar-refractivity contribution in [2.75, 3.05) is 0 Å². The quantitative estimate of drug-likeness (QED) is 0.658. The number of rotatable bonds is 3. The molecule has 1 N–H and O–H groups in total. The van der Waals surface area contributed by atoms with Crippen molar-refractivity contribution in [3.05, 3.63) is 75.4 Å². The lowest BCUT2D eigenvalue weighted by Gasteiger charge is -2.12. The zero-order valence-electron chi connectivity index (χ0n) is 12.5. The van der Waals surface area contributed by atoms with Crippen LogP contribution in [-0.2, 0) is 11.3 Å². The molecule has 3 amide bonds. The average molecular weight is 371 g/mol. The molecule has 0 unspecified atom stereocenters. The summed E-state index contributed by atoms with van der Waals surface area (Å²) in [6.07, 6.45) is 1.68. The van der Waals surface area contributed by atoms with Crippen LogP contribution in [0.4, 0.5) is 4.79 Å². The Kier molecular flexibility index (Phi) is 4.30. The molecule has 0 radical (unpaired) electrons. The van der Waals surface area contributed by atoms with Crippen LogP contribution in [0.25, 0.3) is 6.08 Å². The van der Waals surface area contributed by atoms with Gasteiger partial charge in [0, 0.05) is 4.47 Å². The maximum Gasteiger partial charge on any atom is 0.329 e. The number of nitrogens with zero attached hydrogens (tertiary/aromatic N) is 1. The third kappa shape index (κ3) is 3.51. The zero-order chi connectivity index (χ0) is 16.4. The van der Waals surface area contributed by atoms with Crippen molar-refractivity contribution < 1.29 is 9.59 Å². The van der Waals surface area contributed by atoms with Crippen LogP contribution >= 0.6 is 15.9 Å². The Balaban J connectivity index is 1.82. The van der Waals surface area contributed by atoms with E-state index in [1.165, 1.54) is 4.90 Å². The number of carbonyl (C=O) groups is 2. The molecule has 1 aliphatic heterocycles. The van der Waals surface area contributed by atoms with Gasteiger partial charge in [0.15, 0.2) is 0 Å². The van der Waals surface area contributed by atoms with E-state index in [2.05, 4.69) is 21.2 Å². The summed E-state index contributed by atoms with van der Waals surface area (Å²) in [5.74, 6) is -0.309. The van der Waals surface area contributed by atoms with Gasteiger partial charge in [-0.3, -0.25) is 9.69 Å².